The van der Waals surface area contributed by atoms with Crippen LogP contribution in [0, 0.1) is 0 Å². The van der Waals surface area contributed by atoms with Gasteiger partial charge in [0.15, 0.2) is 18.1 Å². The Balaban J connectivity index is 1.39. The Hall–Kier alpha value is -3.08. The summed E-state index contributed by atoms with van der Waals surface area (Å²) in [4.78, 5) is 24.4. The highest BCUT2D eigenvalue weighted by Gasteiger charge is 2.31. The maximum Gasteiger partial charge on any atom is 0.573 e. The van der Waals surface area contributed by atoms with E-state index in [9.17, 15) is 22.8 Å². The van der Waals surface area contributed by atoms with Gasteiger partial charge in [0.25, 0.3) is 5.91 Å². The number of hydrogen-bond donors (Lipinski definition) is 1. The van der Waals surface area contributed by atoms with Crippen LogP contribution in [0.3, 0.4) is 0 Å². The minimum absolute atomic E-state index is 0.0175. The summed E-state index contributed by atoms with van der Waals surface area (Å²) in [6, 6.07) is 9.87. The lowest BCUT2D eigenvalue weighted by Gasteiger charge is -2.18. The molecular formula is C19H16F3NO6S. The van der Waals surface area contributed by atoms with Crippen molar-refractivity contribution in [3.05, 3.63) is 42.5 Å². The number of carbonyl (C=O) groups excluding carboxylic acids is 2. The molecule has 11 heteroatoms. The molecule has 0 radical (unpaired) electrons. The number of nitrogens with one attached hydrogen (secondary N) is 1. The molecule has 30 heavy (non-hydrogen) atoms. The van der Waals surface area contributed by atoms with Gasteiger partial charge >= 0.3 is 12.3 Å². The minimum Gasteiger partial charge on any atom is -0.486 e. The SMILES string of the molecule is O=C(COC(=O)CSc1ccc2c(c1)OCCO2)Nc1ccc(OC(F)(F)F)cc1. The summed E-state index contributed by atoms with van der Waals surface area (Å²) in [5, 5.41) is 2.41. The van der Waals surface area contributed by atoms with Crippen LogP contribution in [0.1, 0.15) is 0 Å². The molecule has 1 aliphatic heterocycles. The zero-order chi connectivity index (χ0) is 21.6. The summed E-state index contributed by atoms with van der Waals surface area (Å²) in [6.07, 6.45) is -4.79. The fraction of sp³-hybridized carbons (Fsp3) is 0.263. The lowest BCUT2D eigenvalue weighted by molar-refractivity contribution is -0.274. The molecule has 0 bridgehead atoms. The average Bonchev–Trinajstić information content (AvgIpc) is 2.71. The lowest BCUT2D eigenvalue weighted by atomic mass is 10.3. The maximum absolute atomic E-state index is 12.1. The number of benzene rings is 2. The van der Waals surface area contributed by atoms with Crippen LogP contribution in [0.25, 0.3) is 0 Å². The zero-order valence-electron chi connectivity index (χ0n) is 15.4. The topological polar surface area (TPSA) is 83.1 Å². The molecule has 0 aliphatic carbocycles. The van der Waals surface area contributed by atoms with Gasteiger partial charge in [-0.1, -0.05) is 0 Å². The number of hydrogen-bond acceptors (Lipinski definition) is 7. The van der Waals surface area contributed by atoms with E-state index >= 15 is 0 Å². The predicted molar refractivity (Wildman–Crippen MR) is 101 cm³/mol. The fourth-order valence-corrected chi connectivity index (χ4v) is 3.10. The molecule has 1 N–H and O–H groups in total. The maximum atomic E-state index is 12.1. The number of amides is 1. The van der Waals surface area contributed by atoms with Crippen LogP contribution in [0.5, 0.6) is 17.2 Å². The second kappa shape index (κ2) is 9.61. The highest BCUT2D eigenvalue weighted by molar-refractivity contribution is 8.00. The Morgan fingerprint density at radius 1 is 1.03 bits per heavy atom. The molecule has 0 spiro atoms. The molecule has 0 fully saturated rings. The monoisotopic (exact) mass is 443 g/mol. The first kappa shape index (κ1) is 21.6. The number of fused-ring (bicyclic) bond motifs is 1. The van der Waals surface area contributed by atoms with Crippen molar-refractivity contribution in [3.63, 3.8) is 0 Å². The molecule has 1 aliphatic rings. The zero-order valence-corrected chi connectivity index (χ0v) is 16.2. The van der Waals surface area contributed by atoms with Gasteiger partial charge in [-0.05, 0) is 42.5 Å². The van der Waals surface area contributed by atoms with E-state index in [1.54, 1.807) is 18.2 Å². The van der Waals surface area contributed by atoms with Gasteiger partial charge in [-0.15, -0.1) is 24.9 Å². The van der Waals surface area contributed by atoms with Crippen LogP contribution in [-0.4, -0.2) is 43.8 Å². The van der Waals surface area contributed by atoms with Gasteiger partial charge in [0.2, 0.25) is 0 Å². The number of carbonyl (C=O) groups is 2. The van der Waals surface area contributed by atoms with E-state index in [1.807, 2.05) is 0 Å². The summed E-state index contributed by atoms with van der Waals surface area (Å²) in [6.45, 7) is 0.414. The molecule has 0 unspecified atom stereocenters. The van der Waals surface area contributed by atoms with Gasteiger partial charge in [0.1, 0.15) is 19.0 Å². The van der Waals surface area contributed by atoms with Crippen LogP contribution in [0.2, 0.25) is 0 Å². The number of halogens is 3. The van der Waals surface area contributed by atoms with E-state index in [-0.39, 0.29) is 11.4 Å². The first-order valence-electron chi connectivity index (χ1n) is 8.62. The van der Waals surface area contributed by atoms with Gasteiger partial charge in [0.05, 0.1) is 5.75 Å². The van der Waals surface area contributed by atoms with Crippen molar-refractivity contribution in [1.82, 2.24) is 0 Å². The van der Waals surface area contributed by atoms with Crippen molar-refractivity contribution in [2.24, 2.45) is 0 Å². The first-order chi connectivity index (χ1) is 14.3. The fourth-order valence-electron chi connectivity index (χ4n) is 2.38. The standard InChI is InChI=1S/C19H16F3NO6S/c20-19(21,22)29-13-3-1-12(2-4-13)23-17(24)10-28-18(25)11-30-14-5-6-15-16(9-14)27-8-7-26-15/h1-6,9H,7-8,10-11H2,(H,23,24). The van der Waals surface area contributed by atoms with Crippen LogP contribution in [0.4, 0.5) is 18.9 Å². The van der Waals surface area contributed by atoms with E-state index in [0.29, 0.717) is 24.7 Å². The normalized spacial score (nSPS) is 12.8. The largest absolute Gasteiger partial charge is 0.573 e. The number of ether oxygens (including phenoxy) is 4. The highest BCUT2D eigenvalue weighted by atomic mass is 32.2. The molecule has 160 valence electrons. The number of anilines is 1. The van der Waals surface area contributed by atoms with Crippen molar-refractivity contribution >= 4 is 29.3 Å². The van der Waals surface area contributed by atoms with Crippen LogP contribution < -0.4 is 19.5 Å². The molecular weight excluding hydrogens is 427 g/mol. The molecule has 2 aromatic carbocycles. The van der Waals surface area contributed by atoms with E-state index < -0.39 is 30.6 Å². The van der Waals surface area contributed by atoms with Crippen molar-refractivity contribution < 1.29 is 41.7 Å². The highest BCUT2D eigenvalue weighted by Crippen LogP contribution is 2.34. The Bertz CT molecular complexity index is 904. The summed E-state index contributed by atoms with van der Waals surface area (Å²) < 4.78 is 55.9. The molecule has 1 amide bonds. The summed E-state index contributed by atoms with van der Waals surface area (Å²) in [5.74, 6) is -0.413. The molecule has 7 nitrogen and oxygen atoms in total. The van der Waals surface area contributed by atoms with Gasteiger partial charge < -0.3 is 24.3 Å². The van der Waals surface area contributed by atoms with E-state index in [0.717, 1.165) is 17.0 Å². The number of alkyl halides is 3. The lowest BCUT2D eigenvalue weighted by Crippen LogP contribution is -2.21. The Kier molecular flexibility index (Phi) is 6.93. The van der Waals surface area contributed by atoms with Crippen molar-refractivity contribution in [1.29, 1.82) is 0 Å². The third kappa shape index (κ3) is 6.76. The molecule has 0 saturated heterocycles. The smallest absolute Gasteiger partial charge is 0.486 e. The molecule has 1 heterocycles. The molecule has 3 rings (SSSR count). The number of esters is 1. The minimum atomic E-state index is -4.79. The molecule has 2 aromatic rings. The van der Waals surface area contributed by atoms with Gasteiger partial charge in [0, 0.05) is 10.6 Å². The van der Waals surface area contributed by atoms with Crippen LogP contribution >= 0.6 is 11.8 Å². The Morgan fingerprint density at radius 2 is 1.73 bits per heavy atom. The van der Waals surface area contributed by atoms with Crippen molar-refractivity contribution in [3.8, 4) is 17.2 Å². The van der Waals surface area contributed by atoms with Crippen molar-refractivity contribution in [2.75, 3.05) is 30.9 Å². The molecule has 0 saturated carbocycles. The molecule has 0 atom stereocenters. The summed E-state index contributed by atoms with van der Waals surface area (Å²) in [7, 11) is 0. The number of rotatable bonds is 7. The third-order valence-corrected chi connectivity index (χ3v) is 4.57. The third-order valence-electron chi connectivity index (χ3n) is 3.61. The average molecular weight is 443 g/mol. The van der Waals surface area contributed by atoms with Crippen LogP contribution in [0.15, 0.2) is 47.4 Å². The first-order valence-corrected chi connectivity index (χ1v) is 9.61. The number of thioether (sulfide) groups is 1. The summed E-state index contributed by atoms with van der Waals surface area (Å²) >= 11 is 1.22. The van der Waals surface area contributed by atoms with Crippen LogP contribution in [-0.2, 0) is 14.3 Å². The van der Waals surface area contributed by atoms with E-state index in [1.165, 1.54) is 23.9 Å². The quantitative estimate of drug-likeness (QED) is 0.517. The second-order valence-electron chi connectivity index (χ2n) is 5.88. The Labute approximate surface area is 173 Å². The van der Waals surface area contributed by atoms with E-state index in [4.69, 9.17) is 14.2 Å². The second-order valence-corrected chi connectivity index (χ2v) is 6.92. The summed E-state index contributed by atoms with van der Waals surface area (Å²) in [5.41, 5.74) is 0.233. The molecule has 0 aromatic heterocycles. The van der Waals surface area contributed by atoms with Gasteiger partial charge in [-0.3, -0.25) is 9.59 Å². The van der Waals surface area contributed by atoms with Gasteiger partial charge in [-0.2, -0.15) is 0 Å². The Morgan fingerprint density at radius 3 is 2.43 bits per heavy atom. The van der Waals surface area contributed by atoms with E-state index in [2.05, 4.69) is 10.1 Å². The van der Waals surface area contributed by atoms with Crippen molar-refractivity contribution in [2.45, 2.75) is 11.3 Å². The predicted octanol–water partition coefficient (Wildman–Crippen LogP) is 3.63. The van der Waals surface area contributed by atoms with Gasteiger partial charge in [-0.25, -0.2) is 0 Å².